The van der Waals surface area contributed by atoms with Gasteiger partial charge in [0, 0.05) is 11.6 Å². The molecule has 22 heavy (non-hydrogen) atoms. The minimum atomic E-state index is -0.284. The maximum Gasteiger partial charge on any atom is 0.333 e. The molecule has 0 aromatic heterocycles. The van der Waals surface area contributed by atoms with E-state index in [4.69, 9.17) is 10.00 Å². The lowest BCUT2D eigenvalue weighted by molar-refractivity contribution is -0.139. The van der Waals surface area contributed by atoms with E-state index in [1.807, 2.05) is 48.6 Å². The average Bonchev–Trinajstić information content (AvgIpc) is 2.53. The molecule has 0 aliphatic rings. The highest BCUT2D eigenvalue weighted by Gasteiger charge is 2.00. The summed E-state index contributed by atoms with van der Waals surface area (Å²) in [4.78, 5) is 10.7. The van der Waals surface area contributed by atoms with E-state index in [1.54, 1.807) is 13.0 Å². The lowest BCUT2D eigenvalue weighted by Crippen LogP contribution is -2.05. The smallest absolute Gasteiger partial charge is 0.333 e. The van der Waals surface area contributed by atoms with Crippen molar-refractivity contribution in [3.63, 3.8) is 0 Å². The Kier molecular flexibility index (Phi) is 11.8. The molecule has 3 heteroatoms. The number of carbonyl (C=O) groups excluding carboxylic acids is 1. The first-order valence-electron chi connectivity index (χ1n) is 7.22. The quantitative estimate of drug-likeness (QED) is 0.252. The number of hydrogen-bond acceptors (Lipinski definition) is 3. The Morgan fingerprint density at radius 2 is 2.00 bits per heavy atom. The topological polar surface area (TPSA) is 50.1 Å². The minimum absolute atomic E-state index is 0.284. The van der Waals surface area contributed by atoms with E-state index in [0.29, 0.717) is 12.2 Å². The number of nitriles is 1. The van der Waals surface area contributed by atoms with E-state index >= 15 is 0 Å². The van der Waals surface area contributed by atoms with E-state index in [9.17, 15) is 4.79 Å². The van der Waals surface area contributed by atoms with Gasteiger partial charge in [-0.25, -0.2) is 4.79 Å². The van der Waals surface area contributed by atoms with Crippen molar-refractivity contribution in [3.05, 3.63) is 66.3 Å². The maximum absolute atomic E-state index is 10.7. The average molecular weight is 297 g/mol. The van der Waals surface area contributed by atoms with E-state index in [1.165, 1.54) is 6.08 Å². The van der Waals surface area contributed by atoms with Crippen molar-refractivity contribution < 1.29 is 9.53 Å². The summed E-state index contributed by atoms with van der Waals surface area (Å²) in [5.41, 5.74) is 1.61. The number of hydrogen-bond donors (Lipinski definition) is 0. The van der Waals surface area contributed by atoms with Gasteiger partial charge in [0.1, 0.15) is 0 Å². The predicted octanol–water partition coefficient (Wildman–Crippen LogP) is 4.69. The molecule has 0 aliphatic carbocycles. The second-order valence-corrected chi connectivity index (χ2v) is 4.53. The standard InChI is InChI=1S/C11H9N.C8H14O2/c12-10-6-2-5-9-11-7-3-1-4-8-11;1-4-5-6-10-8(9)7(2)3/h1-9H;2,4-6H2,1,3H3. The molecule has 0 unspecified atom stereocenters. The number of ether oxygens (including phenoxy) is 1. The normalized spacial score (nSPS) is 9.86. The predicted molar refractivity (Wildman–Crippen MR) is 90.9 cm³/mol. The number of carbonyl (C=O) groups is 1. The monoisotopic (exact) mass is 297 g/mol. The third-order valence-corrected chi connectivity index (χ3v) is 2.45. The molecule has 0 spiro atoms. The third kappa shape index (κ3) is 11.2. The molecule has 3 nitrogen and oxygen atoms in total. The van der Waals surface area contributed by atoms with Crippen LogP contribution in [0.3, 0.4) is 0 Å². The number of rotatable bonds is 6. The van der Waals surface area contributed by atoms with Crippen LogP contribution < -0.4 is 0 Å². The van der Waals surface area contributed by atoms with E-state index in [0.717, 1.165) is 18.4 Å². The first-order valence-corrected chi connectivity index (χ1v) is 7.22. The summed E-state index contributed by atoms with van der Waals surface area (Å²) in [7, 11) is 0. The Hall–Kier alpha value is -2.60. The van der Waals surface area contributed by atoms with E-state index < -0.39 is 0 Å². The first-order chi connectivity index (χ1) is 10.6. The van der Waals surface area contributed by atoms with Crippen LogP contribution in [0.4, 0.5) is 0 Å². The summed E-state index contributed by atoms with van der Waals surface area (Å²) < 4.78 is 4.81. The van der Waals surface area contributed by atoms with Crippen molar-refractivity contribution in [3.8, 4) is 6.07 Å². The van der Waals surface area contributed by atoms with Gasteiger partial charge >= 0.3 is 5.97 Å². The summed E-state index contributed by atoms with van der Waals surface area (Å²) in [5.74, 6) is -0.284. The van der Waals surface area contributed by atoms with Crippen LogP contribution in [-0.4, -0.2) is 12.6 Å². The molecule has 0 N–H and O–H groups in total. The van der Waals surface area contributed by atoms with Gasteiger partial charge in [0.2, 0.25) is 0 Å². The summed E-state index contributed by atoms with van der Waals surface area (Å²) in [6.07, 6.45) is 8.93. The molecule has 116 valence electrons. The van der Waals surface area contributed by atoms with Gasteiger partial charge in [-0.1, -0.05) is 68.5 Å². The summed E-state index contributed by atoms with van der Waals surface area (Å²) in [5, 5.41) is 8.19. The zero-order chi connectivity index (χ0) is 16.6. The van der Waals surface area contributed by atoms with Gasteiger partial charge in [-0.2, -0.15) is 5.26 Å². The Bertz CT molecular complexity index is 536. The fraction of sp³-hybridized carbons (Fsp3) is 0.263. The fourth-order valence-electron chi connectivity index (χ4n) is 1.26. The lowest BCUT2D eigenvalue weighted by atomic mass is 10.2. The van der Waals surface area contributed by atoms with Gasteiger partial charge in [-0.05, 0) is 18.9 Å². The highest BCUT2D eigenvalue weighted by Crippen LogP contribution is 2.00. The van der Waals surface area contributed by atoms with Crippen molar-refractivity contribution >= 4 is 12.0 Å². The Morgan fingerprint density at radius 1 is 1.32 bits per heavy atom. The van der Waals surface area contributed by atoms with Gasteiger partial charge < -0.3 is 4.74 Å². The molecule has 0 radical (unpaired) electrons. The zero-order valence-electron chi connectivity index (χ0n) is 13.3. The Balaban J connectivity index is 0.000000409. The van der Waals surface area contributed by atoms with Crippen LogP contribution in [0.25, 0.3) is 6.08 Å². The summed E-state index contributed by atoms with van der Waals surface area (Å²) in [6, 6.07) is 11.9. The van der Waals surface area contributed by atoms with Gasteiger partial charge in [-0.15, -0.1) is 0 Å². The van der Waals surface area contributed by atoms with Crippen LogP contribution in [0.5, 0.6) is 0 Å². The van der Waals surface area contributed by atoms with E-state index in [2.05, 4.69) is 13.5 Å². The van der Waals surface area contributed by atoms with Crippen molar-refractivity contribution in [2.45, 2.75) is 26.7 Å². The number of unbranched alkanes of at least 4 members (excludes halogenated alkanes) is 1. The first kappa shape index (κ1) is 19.4. The number of benzene rings is 1. The van der Waals surface area contributed by atoms with Crippen molar-refractivity contribution in [2.75, 3.05) is 6.61 Å². The molecule has 0 heterocycles. The van der Waals surface area contributed by atoms with Crippen LogP contribution in [0, 0.1) is 11.3 Å². The van der Waals surface area contributed by atoms with Gasteiger partial charge in [-0.3, -0.25) is 0 Å². The molecular formula is C19H23NO2. The number of esters is 1. The summed E-state index contributed by atoms with van der Waals surface area (Å²) in [6.45, 7) is 7.67. The van der Waals surface area contributed by atoms with E-state index in [-0.39, 0.29) is 5.97 Å². The molecular weight excluding hydrogens is 274 g/mol. The molecule has 1 rings (SSSR count). The van der Waals surface area contributed by atoms with Crippen LogP contribution >= 0.6 is 0 Å². The highest BCUT2D eigenvalue weighted by molar-refractivity contribution is 5.86. The Morgan fingerprint density at radius 3 is 2.55 bits per heavy atom. The molecule has 0 atom stereocenters. The van der Waals surface area contributed by atoms with Crippen LogP contribution in [0.15, 0.2) is 60.7 Å². The molecule has 0 bridgehead atoms. The number of allylic oxidation sites excluding steroid dienone is 3. The molecule has 1 aromatic rings. The van der Waals surface area contributed by atoms with Crippen LogP contribution in [0.2, 0.25) is 0 Å². The zero-order valence-corrected chi connectivity index (χ0v) is 13.3. The van der Waals surface area contributed by atoms with Gasteiger partial charge in [0.25, 0.3) is 0 Å². The Labute approximate surface area is 133 Å². The van der Waals surface area contributed by atoms with Crippen LogP contribution in [-0.2, 0) is 9.53 Å². The molecule has 0 amide bonds. The maximum atomic E-state index is 10.7. The van der Waals surface area contributed by atoms with Crippen molar-refractivity contribution in [2.24, 2.45) is 0 Å². The number of nitrogens with zero attached hydrogens (tertiary/aromatic N) is 1. The van der Waals surface area contributed by atoms with Gasteiger partial charge in [0.15, 0.2) is 0 Å². The largest absolute Gasteiger partial charge is 0.462 e. The van der Waals surface area contributed by atoms with Crippen molar-refractivity contribution in [1.82, 2.24) is 0 Å². The second-order valence-electron chi connectivity index (χ2n) is 4.53. The molecule has 1 aromatic carbocycles. The van der Waals surface area contributed by atoms with Crippen LogP contribution in [0.1, 0.15) is 32.3 Å². The van der Waals surface area contributed by atoms with Crippen molar-refractivity contribution in [1.29, 1.82) is 5.26 Å². The third-order valence-electron chi connectivity index (χ3n) is 2.45. The molecule has 0 saturated carbocycles. The SMILES string of the molecule is C=C(C)C(=O)OCCCC.N#CC=CC=Cc1ccccc1. The van der Waals surface area contributed by atoms with Gasteiger partial charge in [0.05, 0.1) is 12.7 Å². The fourth-order valence-corrected chi connectivity index (χ4v) is 1.26. The lowest BCUT2D eigenvalue weighted by Gasteiger charge is -2.01. The highest BCUT2D eigenvalue weighted by atomic mass is 16.5. The molecule has 0 fully saturated rings. The minimum Gasteiger partial charge on any atom is -0.462 e. The summed E-state index contributed by atoms with van der Waals surface area (Å²) >= 11 is 0. The molecule has 0 saturated heterocycles. The molecule has 0 aliphatic heterocycles. The second kappa shape index (κ2) is 13.4.